The summed E-state index contributed by atoms with van der Waals surface area (Å²) in [6.45, 7) is 4.89. The number of unbranched alkanes of at least 4 members (excludes halogenated alkanes) is 33. The lowest BCUT2D eigenvalue weighted by atomic mass is 10.0. The molecule has 0 spiro atoms. The van der Waals surface area contributed by atoms with Crippen LogP contribution < -0.4 is 5.32 Å². The first-order valence-corrected chi connectivity index (χ1v) is 27.2. The molecule has 0 fully saturated rings. The highest BCUT2D eigenvalue weighted by atomic mass is 16.5. The Morgan fingerprint density at radius 3 is 1.26 bits per heavy atom. The SMILES string of the molecule is CCCCCC/C=C\C/C=C\CCCCCCCC(=O)OCCCCCC/C=C\CCCCCCCCCC(=O)NC(CO)C(O)CCCCCCCCCCCCCCCC. The fourth-order valence-corrected chi connectivity index (χ4v) is 8.19. The van der Waals surface area contributed by atoms with E-state index in [1.165, 1.54) is 173 Å². The molecule has 6 nitrogen and oxygen atoms in total. The summed E-state index contributed by atoms with van der Waals surface area (Å²) in [4.78, 5) is 24.5. The lowest BCUT2D eigenvalue weighted by Gasteiger charge is -2.22. The predicted octanol–water partition coefficient (Wildman–Crippen LogP) is 16.5. The fourth-order valence-electron chi connectivity index (χ4n) is 8.19. The van der Waals surface area contributed by atoms with Gasteiger partial charge in [-0.25, -0.2) is 0 Å². The minimum atomic E-state index is -0.674. The van der Waals surface area contributed by atoms with E-state index in [0.29, 0.717) is 25.9 Å². The maximum atomic E-state index is 12.4. The van der Waals surface area contributed by atoms with Crippen LogP contribution in [0, 0.1) is 0 Å². The second-order valence-corrected chi connectivity index (χ2v) is 18.6. The van der Waals surface area contributed by atoms with Crippen LogP contribution in [0.15, 0.2) is 36.5 Å². The zero-order valence-electron chi connectivity index (χ0n) is 41.4. The van der Waals surface area contributed by atoms with Gasteiger partial charge >= 0.3 is 5.97 Å². The van der Waals surface area contributed by atoms with Crippen LogP contribution in [0.3, 0.4) is 0 Å². The molecule has 0 aliphatic carbocycles. The molecule has 0 radical (unpaired) electrons. The number of carbonyl (C=O) groups is 2. The van der Waals surface area contributed by atoms with Gasteiger partial charge in [0.1, 0.15) is 0 Å². The zero-order chi connectivity index (χ0) is 45.1. The lowest BCUT2D eigenvalue weighted by molar-refractivity contribution is -0.143. The molecule has 2 atom stereocenters. The Morgan fingerprint density at radius 2 is 0.806 bits per heavy atom. The van der Waals surface area contributed by atoms with Crippen molar-refractivity contribution in [1.29, 1.82) is 0 Å². The summed E-state index contributed by atoms with van der Waals surface area (Å²) in [7, 11) is 0. The van der Waals surface area contributed by atoms with Crippen molar-refractivity contribution < 1.29 is 24.5 Å². The molecule has 0 saturated heterocycles. The van der Waals surface area contributed by atoms with E-state index in [2.05, 4.69) is 55.6 Å². The van der Waals surface area contributed by atoms with E-state index in [0.717, 1.165) is 77.0 Å². The molecule has 0 saturated carbocycles. The van der Waals surface area contributed by atoms with E-state index in [1.54, 1.807) is 0 Å². The van der Waals surface area contributed by atoms with Crippen molar-refractivity contribution in [2.24, 2.45) is 0 Å². The number of esters is 1. The highest BCUT2D eigenvalue weighted by Crippen LogP contribution is 2.16. The molecule has 0 aromatic carbocycles. The second kappa shape index (κ2) is 51.7. The van der Waals surface area contributed by atoms with Gasteiger partial charge in [-0.1, -0.05) is 224 Å². The fraction of sp³-hybridized carbons (Fsp3) is 0.857. The zero-order valence-corrected chi connectivity index (χ0v) is 41.4. The quantitative estimate of drug-likeness (QED) is 0.0321. The number of allylic oxidation sites excluding steroid dienone is 6. The van der Waals surface area contributed by atoms with E-state index in [4.69, 9.17) is 4.74 Å². The van der Waals surface area contributed by atoms with E-state index < -0.39 is 12.1 Å². The molecule has 2 unspecified atom stereocenters. The van der Waals surface area contributed by atoms with Crippen LogP contribution in [-0.4, -0.2) is 47.4 Å². The van der Waals surface area contributed by atoms with Crippen molar-refractivity contribution in [2.45, 2.75) is 296 Å². The Hall–Kier alpha value is -1.92. The van der Waals surface area contributed by atoms with E-state index >= 15 is 0 Å². The first-order chi connectivity index (χ1) is 30.5. The molecule has 0 aliphatic rings. The van der Waals surface area contributed by atoms with Crippen molar-refractivity contribution in [3.8, 4) is 0 Å². The van der Waals surface area contributed by atoms with Gasteiger partial charge in [0.05, 0.1) is 25.4 Å². The lowest BCUT2D eigenvalue weighted by Crippen LogP contribution is -2.45. The summed E-state index contributed by atoms with van der Waals surface area (Å²) in [5, 5.41) is 23.2. The Balaban J connectivity index is 3.49. The number of hydrogen-bond donors (Lipinski definition) is 3. The molecule has 62 heavy (non-hydrogen) atoms. The van der Waals surface area contributed by atoms with Crippen molar-refractivity contribution in [3.63, 3.8) is 0 Å². The van der Waals surface area contributed by atoms with Crippen molar-refractivity contribution in [2.75, 3.05) is 13.2 Å². The number of ether oxygens (including phenoxy) is 1. The molecule has 1 amide bonds. The summed E-state index contributed by atoms with van der Waals surface area (Å²) in [6, 6.07) is -0.553. The summed E-state index contributed by atoms with van der Waals surface area (Å²) >= 11 is 0. The first kappa shape index (κ1) is 60.1. The summed E-state index contributed by atoms with van der Waals surface area (Å²) < 4.78 is 5.45. The van der Waals surface area contributed by atoms with Gasteiger partial charge in [-0.15, -0.1) is 0 Å². The molecule has 3 N–H and O–H groups in total. The van der Waals surface area contributed by atoms with Crippen LogP contribution in [0.25, 0.3) is 0 Å². The van der Waals surface area contributed by atoms with Gasteiger partial charge < -0.3 is 20.3 Å². The number of aliphatic hydroxyl groups is 2. The number of amides is 1. The number of carbonyl (C=O) groups excluding carboxylic acids is 2. The molecule has 0 aromatic rings. The van der Waals surface area contributed by atoms with Crippen LogP contribution in [0.5, 0.6) is 0 Å². The third kappa shape index (κ3) is 47.6. The Kier molecular flexibility index (Phi) is 50.1. The van der Waals surface area contributed by atoms with Gasteiger partial charge in [-0.05, 0) is 83.5 Å². The van der Waals surface area contributed by atoms with Crippen molar-refractivity contribution >= 4 is 11.9 Å². The maximum Gasteiger partial charge on any atom is 0.305 e. The maximum absolute atomic E-state index is 12.4. The third-order valence-corrected chi connectivity index (χ3v) is 12.4. The van der Waals surface area contributed by atoms with Crippen molar-refractivity contribution in [3.05, 3.63) is 36.5 Å². The minimum Gasteiger partial charge on any atom is -0.466 e. The average Bonchev–Trinajstić information content (AvgIpc) is 3.27. The topological polar surface area (TPSA) is 95.9 Å². The van der Waals surface area contributed by atoms with Crippen LogP contribution in [0.2, 0.25) is 0 Å². The smallest absolute Gasteiger partial charge is 0.305 e. The standard InChI is InChI=1S/C56H105NO5/c1-3-5-7-9-11-13-15-17-19-22-26-30-34-38-42-46-50-56(61)62-51-47-43-39-35-31-27-23-20-21-25-29-33-37-41-45-49-55(60)57-53(52-58)54(59)48-44-40-36-32-28-24-18-16-14-12-10-8-6-4-2/h13,15,19,22-23,27,53-54,58-59H,3-12,14,16-18,20-21,24-26,28-52H2,1-2H3,(H,57,60)/b15-13-,22-19-,27-23-. The van der Waals surface area contributed by atoms with Crippen LogP contribution in [0.4, 0.5) is 0 Å². The summed E-state index contributed by atoms with van der Waals surface area (Å²) in [6.07, 6.45) is 62.6. The van der Waals surface area contributed by atoms with Gasteiger partial charge in [0.15, 0.2) is 0 Å². The van der Waals surface area contributed by atoms with Gasteiger partial charge in [-0.3, -0.25) is 9.59 Å². The number of rotatable bonds is 50. The normalized spacial score (nSPS) is 12.9. The van der Waals surface area contributed by atoms with Gasteiger partial charge in [0.2, 0.25) is 5.91 Å². The van der Waals surface area contributed by atoms with Crippen LogP contribution >= 0.6 is 0 Å². The third-order valence-electron chi connectivity index (χ3n) is 12.4. The number of aliphatic hydroxyl groups excluding tert-OH is 2. The molecule has 364 valence electrons. The molecule has 0 aliphatic heterocycles. The molecular formula is C56H105NO5. The Labute approximate surface area is 385 Å². The highest BCUT2D eigenvalue weighted by molar-refractivity contribution is 5.76. The molecule has 0 rings (SSSR count). The first-order valence-electron chi connectivity index (χ1n) is 27.2. The Bertz CT molecular complexity index is 1010. The Morgan fingerprint density at radius 1 is 0.452 bits per heavy atom. The summed E-state index contributed by atoms with van der Waals surface area (Å²) in [5.41, 5.74) is 0. The van der Waals surface area contributed by atoms with E-state index in [-0.39, 0.29) is 18.5 Å². The molecule has 0 heterocycles. The van der Waals surface area contributed by atoms with E-state index in [1.807, 2.05) is 0 Å². The van der Waals surface area contributed by atoms with Crippen LogP contribution in [-0.2, 0) is 14.3 Å². The molecule has 6 heteroatoms. The van der Waals surface area contributed by atoms with Crippen LogP contribution in [0.1, 0.15) is 284 Å². The van der Waals surface area contributed by atoms with Gasteiger partial charge in [-0.2, -0.15) is 0 Å². The minimum absolute atomic E-state index is 0.0238. The molecule has 0 aromatic heterocycles. The van der Waals surface area contributed by atoms with Gasteiger partial charge in [0, 0.05) is 12.8 Å². The number of nitrogens with one attached hydrogen (secondary N) is 1. The predicted molar refractivity (Wildman–Crippen MR) is 269 cm³/mol. The van der Waals surface area contributed by atoms with Gasteiger partial charge in [0.25, 0.3) is 0 Å². The highest BCUT2D eigenvalue weighted by Gasteiger charge is 2.20. The largest absolute Gasteiger partial charge is 0.466 e. The van der Waals surface area contributed by atoms with Crippen molar-refractivity contribution in [1.82, 2.24) is 5.32 Å². The number of hydrogen-bond acceptors (Lipinski definition) is 5. The average molecular weight is 872 g/mol. The molecule has 0 bridgehead atoms. The second-order valence-electron chi connectivity index (χ2n) is 18.6. The molecular weight excluding hydrogens is 767 g/mol. The monoisotopic (exact) mass is 872 g/mol. The van der Waals surface area contributed by atoms with E-state index in [9.17, 15) is 19.8 Å². The summed E-state index contributed by atoms with van der Waals surface area (Å²) in [5.74, 6) is -0.0747.